The molecule has 3 saturated heterocycles. The Labute approximate surface area is 228 Å². The lowest BCUT2D eigenvalue weighted by atomic mass is 9.66. The van der Waals surface area contributed by atoms with Crippen LogP contribution in [0.5, 0.6) is 0 Å². The minimum atomic E-state index is -0.614. The highest BCUT2D eigenvalue weighted by Gasteiger charge is 2.76. The van der Waals surface area contributed by atoms with Crippen LogP contribution in [-0.4, -0.2) is 56.4 Å². The number of fused-ring (bicyclic) bond motifs is 1. The Bertz CT molecular complexity index is 1160. The molecule has 5 rings (SSSR count). The zero-order chi connectivity index (χ0) is 26.8. The Balaban J connectivity index is 1.39. The molecule has 3 N–H and O–H groups in total. The highest BCUT2D eigenvalue weighted by molar-refractivity contribution is 8.02. The van der Waals surface area contributed by atoms with Gasteiger partial charge in [-0.15, -0.1) is 11.8 Å². The number of rotatable bonds is 11. The second kappa shape index (κ2) is 11.1. The second-order valence-electron chi connectivity index (χ2n) is 11.0. The lowest BCUT2D eigenvalue weighted by molar-refractivity contribution is -0.140. The molecule has 2 aromatic carbocycles. The number of nitrogens with one attached hydrogen (secondary N) is 2. The summed E-state index contributed by atoms with van der Waals surface area (Å²) in [7, 11) is 0. The van der Waals surface area contributed by atoms with Gasteiger partial charge in [0.1, 0.15) is 6.04 Å². The maximum atomic E-state index is 14.1. The van der Waals surface area contributed by atoms with Crippen molar-refractivity contribution in [2.45, 2.75) is 67.7 Å². The van der Waals surface area contributed by atoms with Crippen LogP contribution in [0.15, 0.2) is 60.7 Å². The smallest absolute Gasteiger partial charge is 0.244 e. The minimum Gasteiger partial charge on any atom is -0.396 e. The van der Waals surface area contributed by atoms with Crippen molar-refractivity contribution in [1.29, 1.82) is 0 Å². The van der Waals surface area contributed by atoms with Crippen molar-refractivity contribution in [2.75, 3.05) is 13.2 Å². The molecule has 3 heterocycles. The number of thioether (sulfide) groups is 1. The average Bonchev–Trinajstić information content (AvgIpc) is 3.50. The van der Waals surface area contributed by atoms with E-state index in [4.69, 9.17) is 0 Å². The highest BCUT2D eigenvalue weighted by atomic mass is 32.2. The van der Waals surface area contributed by atoms with Crippen molar-refractivity contribution in [2.24, 2.45) is 11.8 Å². The number of aliphatic hydroxyl groups is 1. The van der Waals surface area contributed by atoms with Gasteiger partial charge in [0.25, 0.3) is 0 Å². The van der Waals surface area contributed by atoms with Crippen molar-refractivity contribution in [3.05, 3.63) is 71.8 Å². The second-order valence-corrected chi connectivity index (χ2v) is 12.8. The van der Waals surface area contributed by atoms with Crippen LogP contribution in [0, 0.1) is 11.8 Å². The van der Waals surface area contributed by atoms with Gasteiger partial charge in [-0.05, 0) is 50.2 Å². The van der Waals surface area contributed by atoms with E-state index in [2.05, 4.69) is 17.6 Å². The Morgan fingerprint density at radius 3 is 2.13 bits per heavy atom. The molecule has 5 atom stereocenters. The topological polar surface area (TPSA) is 98.7 Å². The lowest BCUT2D eigenvalue weighted by Gasteiger charge is -2.35. The van der Waals surface area contributed by atoms with Crippen LogP contribution >= 0.6 is 11.8 Å². The summed E-state index contributed by atoms with van der Waals surface area (Å²) in [5.41, 5.74) is 2.01. The number of likely N-dealkylation sites (tertiary alicyclic amines) is 1. The summed E-state index contributed by atoms with van der Waals surface area (Å²) in [6.07, 6.45) is 3.70. The number of carbonyl (C=O) groups is 3. The summed E-state index contributed by atoms with van der Waals surface area (Å²) in [5, 5.41) is 15.4. The van der Waals surface area contributed by atoms with Gasteiger partial charge in [0.2, 0.25) is 17.7 Å². The largest absolute Gasteiger partial charge is 0.396 e. The third-order valence-corrected chi connectivity index (χ3v) is 10.5. The van der Waals surface area contributed by atoms with Gasteiger partial charge in [-0.1, -0.05) is 60.7 Å². The Morgan fingerprint density at radius 1 is 0.921 bits per heavy atom. The van der Waals surface area contributed by atoms with E-state index in [1.807, 2.05) is 60.7 Å². The first-order valence-corrected chi connectivity index (χ1v) is 14.5. The first-order valence-electron chi connectivity index (χ1n) is 13.6. The monoisotopic (exact) mass is 535 g/mol. The minimum absolute atomic E-state index is 0.0790. The number of unbranched alkanes of at least 4 members (excludes halogenated alkanes) is 2. The van der Waals surface area contributed by atoms with Crippen LogP contribution in [-0.2, 0) is 27.5 Å². The van der Waals surface area contributed by atoms with Gasteiger partial charge in [-0.25, -0.2) is 0 Å². The third kappa shape index (κ3) is 4.84. The molecular formula is C30H37N3O4S. The van der Waals surface area contributed by atoms with Gasteiger partial charge in [-0.3, -0.25) is 14.4 Å². The van der Waals surface area contributed by atoms with Crippen LogP contribution in [0.25, 0.3) is 0 Å². The SMILES string of the molecule is C[C@@]12CCC3(S1)C(C(=O)NCc1ccccc1)N(CCCCCO)C(=O)[C@@H]3[C@@H]2C(=O)NCc1ccccc1. The van der Waals surface area contributed by atoms with Crippen LogP contribution in [0.4, 0.5) is 0 Å². The van der Waals surface area contributed by atoms with Gasteiger partial charge in [-0.2, -0.15) is 0 Å². The molecule has 2 unspecified atom stereocenters. The molecule has 8 heteroatoms. The molecule has 38 heavy (non-hydrogen) atoms. The van der Waals surface area contributed by atoms with E-state index in [0.29, 0.717) is 32.5 Å². The lowest BCUT2D eigenvalue weighted by Crippen LogP contribution is -2.53. The van der Waals surface area contributed by atoms with Crippen molar-refractivity contribution >= 4 is 29.5 Å². The molecular weight excluding hydrogens is 498 g/mol. The number of amides is 3. The van der Waals surface area contributed by atoms with E-state index < -0.39 is 22.6 Å². The fourth-order valence-electron chi connectivity index (χ4n) is 6.72. The standard InChI is InChI=1S/C30H37N3O4S/c1-29-15-16-30(38-29)24(23(29)26(35)31-19-21-11-5-2-6-12-21)28(37)33(17-9-4-10-18-34)25(30)27(36)32-20-22-13-7-3-8-14-22/h2-3,5-8,11-14,23-25,34H,4,9-10,15-20H2,1H3,(H,31,35)(H,32,36)/t23-,24+,25?,29+,30?/m1/s1. The van der Waals surface area contributed by atoms with Crippen molar-refractivity contribution in [1.82, 2.24) is 15.5 Å². The fourth-order valence-corrected chi connectivity index (χ4v) is 9.07. The first kappa shape index (κ1) is 26.8. The first-order chi connectivity index (χ1) is 18.4. The summed E-state index contributed by atoms with van der Waals surface area (Å²) in [6, 6.07) is 18.9. The molecule has 0 saturated carbocycles. The Hall–Kier alpha value is -2.84. The molecule has 3 amide bonds. The van der Waals surface area contributed by atoms with E-state index in [-0.39, 0.29) is 29.1 Å². The van der Waals surface area contributed by atoms with Crippen LogP contribution in [0.3, 0.4) is 0 Å². The maximum Gasteiger partial charge on any atom is 0.244 e. The Morgan fingerprint density at radius 2 is 1.53 bits per heavy atom. The zero-order valence-electron chi connectivity index (χ0n) is 21.9. The van der Waals surface area contributed by atoms with E-state index >= 15 is 0 Å². The maximum absolute atomic E-state index is 14.1. The van der Waals surface area contributed by atoms with E-state index in [9.17, 15) is 19.5 Å². The van der Waals surface area contributed by atoms with Crippen molar-refractivity contribution < 1.29 is 19.5 Å². The molecule has 3 aliphatic rings. The van der Waals surface area contributed by atoms with Gasteiger partial charge in [0, 0.05) is 31.0 Å². The van der Waals surface area contributed by atoms with Crippen LogP contribution in [0.1, 0.15) is 50.2 Å². The van der Waals surface area contributed by atoms with Crippen LogP contribution in [0.2, 0.25) is 0 Å². The van der Waals surface area contributed by atoms with E-state index in [0.717, 1.165) is 30.4 Å². The summed E-state index contributed by atoms with van der Waals surface area (Å²) < 4.78 is -1.000. The predicted octanol–water partition coefficient (Wildman–Crippen LogP) is 3.26. The third-order valence-electron chi connectivity index (χ3n) is 8.48. The quantitative estimate of drug-likeness (QED) is 0.384. The van der Waals surface area contributed by atoms with E-state index in [1.165, 1.54) is 0 Å². The van der Waals surface area contributed by atoms with Crippen molar-refractivity contribution in [3.8, 4) is 0 Å². The molecule has 3 fully saturated rings. The summed E-state index contributed by atoms with van der Waals surface area (Å²) in [4.78, 5) is 43.3. The van der Waals surface area contributed by atoms with Gasteiger partial charge >= 0.3 is 0 Å². The average molecular weight is 536 g/mol. The number of hydrogen-bond donors (Lipinski definition) is 3. The molecule has 1 spiro atoms. The van der Waals surface area contributed by atoms with Crippen molar-refractivity contribution in [3.63, 3.8) is 0 Å². The summed E-state index contributed by atoms with van der Waals surface area (Å²) in [6.45, 7) is 3.47. The molecule has 2 aromatic rings. The fraction of sp³-hybridized carbons (Fsp3) is 0.500. The Kier molecular flexibility index (Phi) is 7.82. The number of carbonyl (C=O) groups excluding carboxylic acids is 3. The molecule has 0 aromatic heterocycles. The number of aliphatic hydroxyl groups excluding tert-OH is 1. The van der Waals surface area contributed by atoms with Gasteiger partial charge in [0.05, 0.1) is 16.6 Å². The molecule has 0 aliphatic carbocycles. The highest BCUT2D eigenvalue weighted by Crippen LogP contribution is 2.71. The van der Waals surface area contributed by atoms with E-state index in [1.54, 1.807) is 16.7 Å². The molecule has 3 aliphatic heterocycles. The number of benzene rings is 2. The number of hydrogen-bond acceptors (Lipinski definition) is 5. The molecule has 7 nitrogen and oxygen atoms in total. The predicted molar refractivity (Wildman–Crippen MR) is 148 cm³/mol. The summed E-state index contributed by atoms with van der Waals surface area (Å²) >= 11 is 1.70. The summed E-state index contributed by atoms with van der Waals surface area (Å²) in [5.74, 6) is -1.33. The normalized spacial score (nSPS) is 29.4. The zero-order valence-corrected chi connectivity index (χ0v) is 22.7. The molecule has 202 valence electrons. The molecule has 0 radical (unpaired) electrons. The molecule has 2 bridgehead atoms. The van der Waals surface area contributed by atoms with Gasteiger partial charge in [0.15, 0.2) is 0 Å². The van der Waals surface area contributed by atoms with Crippen LogP contribution < -0.4 is 10.6 Å². The number of nitrogens with zero attached hydrogens (tertiary/aromatic N) is 1. The van der Waals surface area contributed by atoms with Gasteiger partial charge < -0.3 is 20.6 Å².